The van der Waals surface area contributed by atoms with E-state index in [4.69, 9.17) is 0 Å². The van der Waals surface area contributed by atoms with Crippen LogP contribution in [-0.2, 0) is 11.8 Å². The standard InChI is InChI=1S/C16H22N4O3/c1-4-16(5-2,15(22)23)11-17-13(21)12-10-18-19(3)14(12)20-8-6-7-9-20/h6-10H,4-5,11H2,1-3H3,(H,17,21)(H,22,23). The van der Waals surface area contributed by atoms with Crippen LogP contribution < -0.4 is 5.32 Å². The topological polar surface area (TPSA) is 89.2 Å². The molecule has 0 fully saturated rings. The fraction of sp³-hybridized carbons (Fsp3) is 0.438. The number of aryl methyl sites for hydroxylation is 1. The molecule has 7 nitrogen and oxygen atoms in total. The number of hydrogen-bond acceptors (Lipinski definition) is 3. The van der Waals surface area contributed by atoms with Gasteiger partial charge >= 0.3 is 5.97 Å². The Bertz CT molecular complexity index is 684. The average molecular weight is 318 g/mol. The molecule has 2 aromatic rings. The lowest BCUT2D eigenvalue weighted by Gasteiger charge is -2.26. The molecule has 2 rings (SSSR count). The number of carbonyl (C=O) groups excluding carboxylic acids is 1. The van der Waals surface area contributed by atoms with Crippen LogP contribution in [0.5, 0.6) is 0 Å². The molecular weight excluding hydrogens is 296 g/mol. The quantitative estimate of drug-likeness (QED) is 0.815. The highest BCUT2D eigenvalue weighted by Crippen LogP contribution is 2.26. The van der Waals surface area contributed by atoms with E-state index in [0.717, 1.165) is 0 Å². The van der Waals surface area contributed by atoms with Crippen LogP contribution in [0.4, 0.5) is 0 Å². The van der Waals surface area contributed by atoms with Crippen LogP contribution >= 0.6 is 0 Å². The molecule has 0 aliphatic rings. The summed E-state index contributed by atoms with van der Waals surface area (Å²) >= 11 is 0. The van der Waals surface area contributed by atoms with Gasteiger partial charge < -0.3 is 15.0 Å². The van der Waals surface area contributed by atoms with E-state index in [0.29, 0.717) is 24.2 Å². The van der Waals surface area contributed by atoms with Crippen molar-refractivity contribution in [2.45, 2.75) is 26.7 Å². The third-order valence-electron chi connectivity index (χ3n) is 4.40. The zero-order chi connectivity index (χ0) is 17.0. The predicted molar refractivity (Wildman–Crippen MR) is 85.5 cm³/mol. The van der Waals surface area contributed by atoms with E-state index < -0.39 is 11.4 Å². The highest BCUT2D eigenvalue weighted by atomic mass is 16.4. The van der Waals surface area contributed by atoms with Crippen LogP contribution in [-0.4, -0.2) is 37.9 Å². The number of hydrogen-bond donors (Lipinski definition) is 2. The molecule has 0 saturated carbocycles. The maximum Gasteiger partial charge on any atom is 0.311 e. The first-order chi connectivity index (χ1) is 10.9. The predicted octanol–water partition coefficient (Wildman–Crippen LogP) is 1.83. The minimum absolute atomic E-state index is 0.0914. The SMILES string of the molecule is CCC(CC)(CNC(=O)c1cnn(C)c1-n1cccc1)C(=O)O. The molecule has 0 saturated heterocycles. The molecule has 124 valence electrons. The van der Waals surface area contributed by atoms with Crippen LogP contribution in [0.2, 0.25) is 0 Å². The summed E-state index contributed by atoms with van der Waals surface area (Å²) in [6.45, 7) is 3.73. The second kappa shape index (κ2) is 6.68. The second-order valence-corrected chi connectivity index (χ2v) is 5.57. The van der Waals surface area contributed by atoms with E-state index in [-0.39, 0.29) is 12.5 Å². The lowest BCUT2D eigenvalue weighted by atomic mass is 9.82. The molecule has 2 heterocycles. The van der Waals surface area contributed by atoms with Gasteiger partial charge in [-0.15, -0.1) is 0 Å². The van der Waals surface area contributed by atoms with Gasteiger partial charge in [-0.05, 0) is 25.0 Å². The van der Waals surface area contributed by atoms with Crippen molar-refractivity contribution < 1.29 is 14.7 Å². The van der Waals surface area contributed by atoms with Crippen LogP contribution in [0.1, 0.15) is 37.0 Å². The van der Waals surface area contributed by atoms with Gasteiger partial charge in [0.05, 0.1) is 11.6 Å². The van der Waals surface area contributed by atoms with Crippen molar-refractivity contribution in [3.8, 4) is 5.82 Å². The van der Waals surface area contributed by atoms with Crippen LogP contribution in [0.3, 0.4) is 0 Å². The fourth-order valence-corrected chi connectivity index (χ4v) is 2.60. The molecule has 0 bridgehead atoms. The number of nitrogens with zero attached hydrogens (tertiary/aromatic N) is 3. The van der Waals surface area contributed by atoms with Gasteiger partial charge in [0.1, 0.15) is 11.4 Å². The van der Waals surface area contributed by atoms with Gasteiger partial charge in [-0.3, -0.25) is 14.3 Å². The molecule has 2 N–H and O–H groups in total. The molecule has 7 heteroatoms. The zero-order valence-corrected chi connectivity index (χ0v) is 13.6. The molecule has 23 heavy (non-hydrogen) atoms. The van der Waals surface area contributed by atoms with Gasteiger partial charge in [0.15, 0.2) is 0 Å². The second-order valence-electron chi connectivity index (χ2n) is 5.57. The number of carboxylic acids is 1. The molecule has 0 spiro atoms. The highest BCUT2D eigenvalue weighted by molar-refractivity contribution is 5.97. The Morgan fingerprint density at radius 1 is 1.26 bits per heavy atom. The first-order valence-electron chi connectivity index (χ1n) is 7.62. The third kappa shape index (κ3) is 3.13. The first-order valence-corrected chi connectivity index (χ1v) is 7.62. The Morgan fingerprint density at radius 2 is 1.87 bits per heavy atom. The molecule has 0 aliphatic heterocycles. The van der Waals surface area contributed by atoms with Crippen molar-refractivity contribution in [2.24, 2.45) is 12.5 Å². The summed E-state index contributed by atoms with van der Waals surface area (Å²) in [5.41, 5.74) is -0.527. The zero-order valence-electron chi connectivity index (χ0n) is 13.6. The smallest absolute Gasteiger partial charge is 0.311 e. The van der Waals surface area contributed by atoms with Gasteiger partial charge in [0.25, 0.3) is 5.91 Å². The molecule has 0 radical (unpaired) electrons. The number of carboxylic acid groups (broad SMARTS) is 1. The number of aliphatic carboxylic acids is 1. The third-order valence-corrected chi connectivity index (χ3v) is 4.40. The Balaban J connectivity index is 2.21. The van der Waals surface area contributed by atoms with Crippen LogP contribution in [0.15, 0.2) is 30.7 Å². The van der Waals surface area contributed by atoms with Gasteiger partial charge in [0, 0.05) is 26.0 Å². The van der Waals surface area contributed by atoms with Crippen molar-refractivity contribution in [2.75, 3.05) is 6.54 Å². The van der Waals surface area contributed by atoms with Crippen molar-refractivity contribution in [3.63, 3.8) is 0 Å². The van der Waals surface area contributed by atoms with E-state index in [1.807, 2.05) is 38.4 Å². The summed E-state index contributed by atoms with van der Waals surface area (Å²) < 4.78 is 3.41. The van der Waals surface area contributed by atoms with E-state index in [2.05, 4.69) is 10.4 Å². The summed E-state index contributed by atoms with van der Waals surface area (Å²) in [4.78, 5) is 24.0. The van der Waals surface area contributed by atoms with Crippen molar-refractivity contribution >= 4 is 11.9 Å². The molecule has 1 amide bonds. The van der Waals surface area contributed by atoms with Crippen molar-refractivity contribution in [1.29, 1.82) is 0 Å². The van der Waals surface area contributed by atoms with Gasteiger partial charge in [-0.25, -0.2) is 0 Å². The van der Waals surface area contributed by atoms with Crippen LogP contribution in [0, 0.1) is 5.41 Å². The Labute approximate surface area is 134 Å². The maximum absolute atomic E-state index is 12.5. The summed E-state index contributed by atoms with van der Waals surface area (Å²) in [6.07, 6.45) is 6.05. The van der Waals surface area contributed by atoms with Crippen LogP contribution in [0.25, 0.3) is 5.82 Å². The van der Waals surface area contributed by atoms with Crippen molar-refractivity contribution in [3.05, 3.63) is 36.3 Å². The minimum Gasteiger partial charge on any atom is -0.481 e. The number of rotatable bonds is 7. The van der Waals surface area contributed by atoms with E-state index >= 15 is 0 Å². The summed E-state index contributed by atoms with van der Waals surface area (Å²) in [7, 11) is 1.76. The maximum atomic E-state index is 12.5. The van der Waals surface area contributed by atoms with E-state index in [9.17, 15) is 14.7 Å². The molecule has 2 aromatic heterocycles. The molecule has 0 aromatic carbocycles. The number of carbonyl (C=O) groups is 2. The summed E-state index contributed by atoms with van der Waals surface area (Å²) in [5.74, 6) is -0.574. The number of aromatic nitrogens is 3. The normalized spacial score (nSPS) is 11.4. The van der Waals surface area contributed by atoms with Gasteiger partial charge in [-0.2, -0.15) is 5.10 Å². The molecular formula is C16H22N4O3. The molecule has 0 unspecified atom stereocenters. The Morgan fingerprint density at radius 3 is 2.39 bits per heavy atom. The fourth-order valence-electron chi connectivity index (χ4n) is 2.60. The number of nitrogens with one attached hydrogen (secondary N) is 1. The largest absolute Gasteiger partial charge is 0.481 e. The Kier molecular flexibility index (Phi) is 4.88. The number of amides is 1. The monoisotopic (exact) mass is 318 g/mol. The van der Waals surface area contributed by atoms with Crippen molar-refractivity contribution in [1.82, 2.24) is 19.7 Å². The highest BCUT2D eigenvalue weighted by Gasteiger charge is 2.35. The Hall–Kier alpha value is -2.57. The van der Waals surface area contributed by atoms with E-state index in [1.165, 1.54) is 6.20 Å². The molecule has 0 atom stereocenters. The van der Waals surface area contributed by atoms with Gasteiger partial charge in [-0.1, -0.05) is 13.8 Å². The van der Waals surface area contributed by atoms with Gasteiger partial charge in [0.2, 0.25) is 0 Å². The first kappa shape index (κ1) is 16.8. The summed E-state index contributed by atoms with van der Waals surface area (Å²) in [5, 5.41) is 16.3. The molecule has 0 aliphatic carbocycles. The average Bonchev–Trinajstić information content (AvgIpc) is 3.17. The van der Waals surface area contributed by atoms with E-state index in [1.54, 1.807) is 16.3 Å². The lowest BCUT2D eigenvalue weighted by molar-refractivity contribution is -0.149. The lowest BCUT2D eigenvalue weighted by Crippen LogP contribution is -2.42. The minimum atomic E-state index is -0.939. The summed E-state index contributed by atoms with van der Waals surface area (Å²) in [6, 6.07) is 3.72.